The summed E-state index contributed by atoms with van der Waals surface area (Å²) in [5.74, 6) is 0.0815. The van der Waals surface area contributed by atoms with Crippen LogP contribution in [0.25, 0.3) is 33.6 Å². The van der Waals surface area contributed by atoms with Gasteiger partial charge in [0.1, 0.15) is 17.5 Å². The van der Waals surface area contributed by atoms with Crippen molar-refractivity contribution in [3.63, 3.8) is 0 Å². The molecule has 2 N–H and O–H groups in total. The normalized spacial score (nSPS) is 14.8. The van der Waals surface area contributed by atoms with Crippen LogP contribution >= 0.6 is 11.6 Å². The maximum absolute atomic E-state index is 13.7. The van der Waals surface area contributed by atoms with E-state index < -0.39 is 6.10 Å². The van der Waals surface area contributed by atoms with E-state index in [1.807, 2.05) is 60.7 Å². The predicted molar refractivity (Wildman–Crippen MR) is 136 cm³/mol. The average Bonchev–Trinajstić information content (AvgIpc) is 3.40. The maximum Gasteiger partial charge on any atom is 0.245 e. The van der Waals surface area contributed by atoms with Crippen LogP contribution in [0.5, 0.6) is 11.6 Å². The first-order valence-electron chi connectivity index (χ1n) is 11.3. The second-order valence-corrected chi connectivity index (χ2v) is 8.87. The zero-order valence-corrected chi connectivity index (χ0v) is 19.6. The summed E-state index contributed by atoms with van der Waals surface area (Å²) in [6.45, 7) is 0. The number of carbonyl (C=O) groups is 1. The Hall–Kier alpha value is -4.49. The molecule has 3 heterocycles. The number of ketones is 1. The highest BCUT2D eigenvalue weighted by Gasteiger charge is 2.35. The second kappa shape index (κ2) is 8.94. The Bertz CT molecular complexity index is 1590. The molecule has 7 nitrogen and oxygen atoms in total. The van der Waals surface area contributed by atoms with E-state index in [0.29, 0.717) is 38.7 Å². The van der Waals surface area contributed by atoms with Crippen molar-refractivity contribution in [1.29, 1.82) is 0 Å². The lowest BCUT2D eigenvalue weighted by molar-refractivity contribution is 0.0838. The zero-order valence-electron chi connectivity index (χ0n) is 18.9. The van der Waals surface area contributed by atoms with Gasteiger partial charge in [0.05, 0.1) is 23.9 Å². The van der Waals surface area contributed by atoms with E-state index in [2.05, 4.69) is 20.4 Å². The van der Waals surface area contributed by atoms with Crippen molar-refractivity contribution in [2.24, 2.45) is 0 Å². The monoisotopic (exact) mass is 494 g/mol. The van der Waals surface area contributed by atoms with Crippen LogP contribution in [-0.4, -0.2) is 31.3 Å². The van der Waals surface area contributed by atoms with E-state index in [9.17, 15) is 9.90 Å². The summed E-state index contributed by atoms with van der Waals surface area (Å²) in [7, 11) is 0. The number of aromatic nitrogens is 4. The lowest BCUT2D eigenvalue weighted by Crippen LogP contribution is -2.23. The van der Waals surface area contributed by atoms with Crippen molar-refractivity contribution in [1.82, 2.24) is 20.4 Å². The molecule has 8 heteroatoms. The van der Waals surface area contributed by atoms with Crippen molar-refractivity contribution in [3.05, 3.63) is 101 Å². The highest BCUT2D eigenvalue weighted by atomic mass is 35.5. The third-order valence-electron chi connectivity index (χ3n) is 6.20. The lowest BCUT2D eigenvalue weighted by Gasteiger charge is -2.26. The number of phenolic OH excluding ortho intramolecular Hbond substituents is 1. The third-order valence-corrected chi connectivity index (χ3v) is 6.43. The maximum atomic E-state index is 13.7. The molecule has 6 rings (SSSR count). The van der Waals surface area contributed by atoms with Crippen LogP contribution < -0.4 is 4.74 Å². The van der Waals surface area contributed by atoms with Gasteiger partial charge in [0, 0.05) is 27.3 Å². The fraction of sp³-hybridized carbons (Fsp3) is 0.0714. The molecule has 0 radical (unpaired) electrons. The number of Topliss-reactive ketones (excluding diaryl/α,β-unsaturated/α-hetero) is 1. The van der Waals surface area contributed by atoms with Gasteiger partial charge in [-0.2, -0.15) is 5.10 Å². The number of aromatic hydroxyl groups is 1. The second-order valence-electron chi connectivity index (χ2n) is 8.43. The van der Waals surface area contributed by atoms with Crippen LogP contribution in [0.2, 0.25) is 5.02 Å². The summed E-state index contributed by atoms with van der Waals surface area (Å²) in [6.07, 6.45) is 0.987. The van der Waals surface area contributed by atoms with Gasteiger partial charge in [0.2, 0.25) is 5.88 Å². The van der Waals surface area contributed by atoms with Crippen LogP contribution in [0.3, 0.4) is 0 Å². The van der Waals surface area contributed by atoms with Crippen molar-refractivity contribution in [2.45, 2.75) is 12.5 Å². The molecule has 176 valence electrons. The molecule has 3 aromatic carbocycles. The number of nitrogens with one attached hydrogen (secondary N) is 1. The first kappa shape index (κ1) is 22.0. The molecule has 0 saturated heterocycles. The topological polar surface area (TPSA) is 101 Å². The van der Waals surface area contributed by atoms with Gasteiger partial charge in [-0.1, -0.05) is 72.3 Å². The summed E-state index contributed by atoms with van der Waals surface area (Å²) in [5, 5.41) is 26.7. The fourth-order valence-electron chi connectivity index (χ4n) is 4.53. The number of benzene rings is 3. The Balaban J connectivity index is 1.47. The van der Waals surface area contributed by atoms with Gasteiger partial charge in [0.15, 0.2) is 5.78 Å². The molecule has 0 bridgehead atoms. The quantitative estimate of drug-likeness (QED) is 0.305. The van der Waals surface area contributed by atoms with Crippen LogP contribution in [0.1, 0.15) is 28.4 Å². The summed E-state index contributed by atoms with van der Waals surface area (Å²) in [5.41, 5.74) is 5.02. The van der Waals surface area contributed by atoms with E-state index in [0.717, 1.165) is 11.1 Å². The molecule has 36 heavy (non-hydrogen) atoms. The third kappa shape index (κ3) is 3.79. The van der Waals surface area contributed by atoms with E-state index in [1.54, 1.807) is 18.3 Å². The van der Waals surface area contributed by atoms with Gasteiger partial charge in [-0.25, -0.2) is 0 Å². The number of aromatic amines is 1. The molecule has 1 atom stereocenters. The predicted octanol–water partition coefficient (Wildman–Crippen LogP) is 6.27. The highest BCUT2D eigenvalue weighted by molar-refractivity contribution is 6.31. The van der Waals surface area contributed by atoms with E-state index >= 15 is 0 Å². The number of fused-ring (bicyclic) bond motifs is 1. The number of carbonyl (C=O) groups excluding carboxylic acids is 1. The molecule has 0 aliphatic carbocycles. The summed E-state index contributed by atoms with van der Waals surface area (Å²) < 4.78 is 6.26. The molecule has 1 aliphatic rings. The largest absolute Gasteiger partial charge is 0.507 e. The Kier molecular flexibility index (Phi) is 5.47. The number of halogens is 1. The summed E-state index contributed by atoms with van der Waals surface area (Å²) in [6, 6.07) is 24.0. The van der Waals surface area contributed by atoms with Crippen LogP contribution in [0.15, 0.2) is 85.1 Å². The first-order valence-corrected chi connectivity index (χ1v) is 11.7. The van der Waals surface area contributed by atoms with Gasteiger partial charge in [-0.15, -0.1) is 10.2 Å². The Morgan fingerprint density at radius 3 is 2.39 bits per heavy atom. The number of rotatable bonds is 4. The van der Waals surface area contributed by atoms with Gasteiger partial charge in [-0.05, 0) is 23.8 Å². The molecule has 0 spiro atoms. The zero-order chi connectivity index (χ0) is 24.6. The minimum atomic E-state index is -0.669. The molecule has 5 aromatic rings. The molecule has 0 fully saturated rings. The summed E-state index contributed by atoms with van der Waals surface area (Å²) >= 11 is 6.15. The van der Waals surface area contributed by atoms with Crippen molar-refractivity contribution >= 4 is 17.4 Å². The number of nitrogens with zero attached hydrogens (tertiary/aromatic N) is 3. The van der Waals surface area contributed by atoms with Crippen LogP contribution in [-0.2, 0) is 0 Å². The van der Waals surface area contributed by atoms with Gasteiger partial charge in [-0.3, -0.25) is 9.89 Å². The Morgan fingerprint density at radius 2 is 1.64 bits per heavy atom. The number of ether oxygens (including phenoxy) is 1. The SMILES string of the molecule is O=C1CC(c2cn[nH]c2-c2cc(Cl)ccc2O)Oc2nnc(-c3ccccc3)c(-c3ccccc3)c21. The molecular weight excluding hydrogens is 476 g/mol. The minimum absolute atomic E-state index is 0.0334. The van der Waals surface area contributed by atoms with E-state index in [-0.39, 0.29) is 23.8 Å². The Morgan fingerprint density at radius 1 is 0.917 bits per heavy atom. The standard InChI is InChI=1S/C28H19ClN4O3/c29-18-11-12-21(34)19(13-18)27-20(15-30-31-27)23-14-22(35)25-24(16-7-3-1-4-8-16)26(32-33-28(25)36-23)17-9-5-2-6-10-17/h1-13,15,23,34H,14H2,(H,30,31). The molecule has 0 amide bonds. The van der Waals surface area contributed by atoms with Crippen molar-refractivity contribution in [3.8, 4) is 45.3 Å². The Labute approximate surface area is 211 Å². The van der Waals surface area contributed by atoms with Crippen molar-refractivity contribution in [2.75, 3.05) is 0 Å². The average molecular weight is 495 g/mol. The smallest absolute Gasteiger partial charge is 0.245 e. The molecule has 2 aromatic heterocycles. The van der Waals surface area contributed by atoms with Crippen LogP contribution in [0, 0.1) is 0 Å². The molecule has 1 unspecified atom stereocenters. The number of hydrogen-bond acceptors (Lipinski definition) is 6. The van der Waals surface area contributed by atoms with Gasteiger partial charge < -0.3 is 9.84 Å². The number of H-pyrrole nitrogens is 1. The molecular formula is C28H19ClN4O3. The molecule has 0 saturated carbocycles. The fourth-order valence-corrected chi connectivity index (χ4v) is 4.70. The summed E-state index contributed by atoms with van der Waals surface area (Å²) in [4.78, 5) is 13.7. The first-order chi connectivity index (χ1) is 17.6. The number of phenols is 1. The van der Waals surface area contributed by atoms with Gasteiger partial charge in [0.25, 0.3) is 0 Å². The molecule has 1 aliphatic heterocycles. The lowest BCUT2D eigenvalue weighted by atomic mass is 9.89. The minimum Gasteiger partial charge on any atom is -0.507 e. The van der Waals surface area contributed by atoms with Gasteiger partial charge >= 0.3 is 0 Å². The highest BCUT2D eigenvalue weighted by Crippen LogP contribution is 2.44. The van der Waals surface area contributed by atoms with E-state index in [1.165, 1.54) is 6.07 Å². The van der Waals surface area contributed by atoms with Crippen LogP contribution in [0.4, 0.5) is 0 Å². The van der Waals surface area contributed by atoms with Crippen molar-refractivity contribution < 1.29 is 14.6 Å². The number of hydrogen-bond donors (Lipinski definition) is 2. The van der Waals surface area contributed by atoms with E-state index in [4.69, 9.17) is 16.3 Å².